The monoisotopic (exact) mass is 488 g/mol. The van der Waals surface area contributed by atoms with Crippen molar-refractivity contribution in [1.82, 2.24) is 0 Å². The van der Waals surface area contributed by atoms with E-state index in [4.69, 9.17) is 4.43 Å². The molecule has 0 atom stereocenters. The van der Waals surface area contributed by atoms with E-state index in [-0.39, 0.29) is 5.41 Å². The number of halogens is 1. The number of fused-ring (bicyclic) bond motifs is 1. The average Bonchev–Trinajstić information content (AvgIpc) is 2.79. The van der Waals surface area contributed by atoms with Crippen LogP contribution in [0, 0.1) is 0 Å². The van der Waals surface area contributed by atoms with E-state index in [2.05, 4.69) is 116 Å². The van der Waals surface area contributed by atoms with Gasteiger partial charge >= 0.3 is 0 Å². The Morgan fingerprint density at radius 1 is 0.742 bits per heavy atom. The first kappa shape index (κ1) is 22.0. The smallest absolute Gasteiger partial charge is 0.146 e. The number of hydrogen-bond acceptors (Lipinski definition) is 1. The normalized spacial score (nSPS) is 11.9. The summed E-state index contributed by atoms with van der Waals surface area (Å²) in [5.41, 5.74) is 9.14. The molecule has 0 aliphatic carbocycles. The number of rotatable bonds is 5. The second kappa shape index (κ2) is 9.11. The molecule has 0 bridgehead atoms. The predicted molar refractivity (Wildman–Crippen MR) is 141 cm³/mol. The van der Waals surface area contributed by atoms with Crippen molar-refractivity contribution in [2.24, 2.45) is 0 Å². The lowest BCUT2D eigenvalue weighted by atomic mass is 9.80. The number of hydrogen-bond donors (Lipinski definition) is 0. The highest BCUT2D eigenvalue weighted by molar-refractivity contribution is 9.08. The van der Waals surface area contributed by atoms with Gasteiger partial charge in [-0.15, -0.1) is 0 Å². The first-order chi connectivity index (χ1) is 15.0. The van der Waals surface area contributed by atoms with Crippen molar-refractivity contribution >= 4 is 37.2 Å². The van der Waals surface area contributed by atoms with Crippen LogP contribution in [0.25, 0.3) is 33.0 Å². The SMILES string of the molecule is CC(C)(C)c1ccc2c(CO[SiH3])c(CBr)c(-c3ccccc3)c(-c3ccccc3)c2c1. The van der Waals surface area contributed by atoms with Crippen LogP contribution in [-0.4, -0.2) is 10.5 Å². The van der Waals surface area contributed by atoms with Gasteiger partial charge in [-0.3, -0.25) is 0 Å². The first-order valence-electron chi connectivity index (χ1n) is 10.7. The minimum absolute atomic E-state index is 0.0808. The fourth-order valence-electron chi connectivity index (χ4n) is 4.36. The van der Waals surface area contributed by atoms with Crippen molar-refractivity contribution in [3.8, 4) is 22.3 Å². The Labute approximate surface area is 197 Å². The molecule has 31 heavy (non-hydrogen) atoms. The van der Waals surface area contributed by atoms with Crippen molar-refractivity contribution < 1.29 is 4.43 Å². The zero-order valence-corrected chi connectivity index (χ0v) is 22.3. The molecule has 4 aromatic rings. The Balaban J connectivity index is 2.23. The Morgan fingerprint density at radius 3 is 1.84 bits per heavy atom. The van der Waals surface area contributed by atoms with E-state index in [1.807, 2.05) is 0 Å². The van der Waals surface area contributed by atoms with Gasteiger partial charge in [0.05, 0.1) is 6.61 Å². The topological polar surface area (TPSA) is 9.23 Å². The van der Waals surface area contributed by atoms with Crippen LogP contribution < -0.4 is 0 Å². The van der Waals surface area contributed by atoms with Crippen molar-refractivity contribution in [3.05, 3.63) is 95.6 Å². The van der Waals surface area contributed by atoms with E-state index in [1.165, 1.54) is 49.7 Å². The summed E-state index contributed by atoms with van der Waals surface area (Å²) in [5, 5.41) is 3.38. The molecule has 0 spiro atoms. The van der Waals surface area contributed by atoms with Crippen LogP contribution in [0.3, 0.4) is 0 Å². The van der Waals surface area contributed by atoms with Crippen molar-refractivity contribution in [2.75, 3.05) is 0 Å². The molecule has 0 saturated heterocycles. The van der Waals surface area contributed by atoms with Crippen LogP contribution in [0.1, 0.15) is 37.5 Å². The Morgan fingerprint density at radius 2 is 1.32 bits per heavy atom. The summed E-state index contributed by atoms with van der Waals surface area (Å²) in [6, 6.07) is 28.6. The maximum Gasteiger partial charge on any atom is 0.146 e. The summed E-state index contributed by atoms with van der Waals surface area (Å²) in [6.07, 6.45) is 0. The zero-order chi connectivity index (χ0) is 22.0. The van der Waals surface area contributed by atoms with E-state index in [9.17, 15) is 0 Å². The van der Waals surface area contributed by atoms with Crippen LogP contribution in [0.2, 0.25) is 0 Å². The largest absolute Gasteiger partial charge is 0.424 e. The lowest BCUT2D eigenvalue weighted by Gasteiger charge is -2.25. The van der Waals surface area contributed by atoms with E-state index in [1.54, 1.807) is 0 Å². The molecule has 3 heteroatoms. The second-order valence-electron chi connectivity index (χ2n) is 9.02. The Hall–Kier alpha value is -2.20. The van der Waals surface area contributed by atoms with E-state index >= 15 is 0 Å². The molecule has 0 saturated carbocycles. The van der Waals surface area contributed by atoms with Gasteiger partial charge in [-0.2, -0.15) is 0 Å². The molecule has 4 aromatic carbocycles. The van der Waals surface area contributed by atoms with Gasteiger partial charge in [-0.25, -0.2) is 0 Å². The van der Waals surface area contributed by atoms with Gasteiger partial charge in [-0.05, 0) is 61.2 Å². The number of alkyl halides is 1. The summed E-state index contributed by atoms with van der Waals surface area (Å²) in [6.45, 7) is 7.49. The van der Waals surface area contributed by atoms with Gasteiger partial charge < -0.3 is 4.43 Å². The lowest BCUT2D eigenvalue weighted by molar-refractivity contribution is 0.339. The third-order valence-electron chi connectivity index (χ3n) is 5.94. The molecular weight excluding hydrogens is 460 g/mol. The molecule has 0 heterocycles. The summed E-state index contributed by atoms with van der Waals surface area (Å²) < 4.78 is 5.83. The molecular formula is C28H29BrOSi. The van der Waals surface area contributed by atoms with Gasteiger partial charge in [0.15, 0.2) is 0 Å². The average molecular weight is 490 g/mol. The van der Waals surface area contributed by atoms with Crippen molar-refractivity contribution in [3.63, 3.8) is 0 Å². The summed E-state index contributed by atoms with van der Waals surface area (Å²) in [5.74, 6) is 0. The molecule has 0 radical (unpaired) electrons. The van der Waals surface area contributed by atoms with Gasteiger partial charge in [0, 0.05) is 5.33 Å². The molecule has 0 aromatic heterocycles. The van der Waals surface area contributed by atoms with Gasteiger partial charge in [0.1, 0.15) is 10.5 Å². The maximum absolute atomic E-state index is 5.83. The van der Waals surface area contributed by atoms with Gasteiger partial charge in [0.2, 0.25) is 0 Å². The second-order valence-corrected chi connectivity index (χ2v) is 10.2. The van der Waals surface area contributed by atoms with E-state index in [0.717, 1.165) is 15.8 Å². The van der Waals surface area contributed by atoms with Crippen LogP contribution >= 0.6 is 15.9 Å². The van der Waals surface area contributed by atoms with Gasteiger partial charge in [-0.1, -0.05) is 109 Å². The molecule has 0 amide bonds. The highest BCUT2D eigenvalue weighted by Gasteiger charge is 2.23. The summed E-state index contributed by atoms with van der Waals surface area (Å²) in [7, 11) is 0.718. The Kier molecular flexibility index (Phi) is 6.47. The fraction of sp³-hybridized carbons (Fsp3) is 0.214. The van der Waals surface area contributed by atoms with Crippen molar-refractivity contribution in [1.29, 1.82) is 0 Å². The standard InChI is InChI=1S/C28H29BrOSi/c1-28(2,3)21-14-15-22-23(16-21)26(19-10-6-4-7-11-19)27(20-12-8-5-9-13-20)24(17-29)25(22)18-30-31/h4-16H,17-18H2,1-3,31H3. The highest BCUT2D eigenvalue weighted by atomic mass is 79.9. The summed E-state index contributed by atoms with van der Waals surface area (Å²) in [4.78, 5) is 0. The minimum Gasteiger partial charge on any atom is -0.424 e. The van der Waals surface area contributed by atoms with Gasteiger partial charge in [0.25, 0.3) is 0 Å². The quantitative estimate of drug-likeness (QED) is 0.213. The van der Waals surface area contributed by atoms with Crippen LogP contribution in [0.4, 0.5) is 0 Å². The summed E-state index contributed by atoms with van der Waals surface area (Å²) >= 11 is 3.82. The molecule has 4 rings (SSSR count). The molecule has 0 aliphatic heterocycles. The zero-order valence-electron chi connectivity index (χ0n) is 18.7. The maximum atomic E-state index is 5.83. The molecule has 0 aliphatic rings. The van der Waals surface area contributed by atoms with E-state index in [0.29, 0.717) is 6.61 Å². The predicted octanol–water partition coefficient (Wildman–Crippen LogP) is 7.16. The molecule has 0 unspecified atom stereocenters. The third-order valence-corrected chi connectivity index (χ3v) is 6.79. The highest BCUT2D eigenvalue weighted by Crippen LogP contribution is 2.45. The molecule has 1 nitrogen and oxygen atoms in total. The minimum atomic E-state index is 0.0808. The molecule has 0 fully saturated rings. The van der Waals surface area contributed by atoms with E-state index < -0.39 is 0 Å². The lowest BCUT2D eigenvalue weighted by Crippen LogP contribution is -2.11. The first-order valence-corrected chi connectivity index (χ1v) is 12.7. The molecule has 158 valence electrons. The van der Waals surface area contributed by atoms with Crippen molar-refractivity contribution in [2.45, 2.75) is 38.1 Å². The molecule has 0 N–H and O–H groups in total. The van der Waals surface area contributed by atoms with Crippen LogP contribution in [0.5, 0.6) is 0 Å². The fourth-order valence-corrected chi connectivity index (χ4v) is 5.27. The Bertz CT molecular complexity index is 1190. The van der Waals surface area contributed by atoms with Crippen LogP contribution in [-0.2, 0) is 21.8 Å². The third kappa shape index (κ3) is 4.27. The number of benzene rings is 4. The van der Waals surface area contributed by atoms with Crippen LogP contribution in [0.15, 0.2) is 78.9 Å².